The molecule has 1 unspecified atom stereocenters. The summed E-state index contributed by atoms with van der Waals surface area (Å²) >= 11 is 0. The highest BCUT2D eigenvalue weighted by Crippen LogP contribution is 2.09. The summed E-state index contributed by atoms with van der Waals surface area (Å²) in [6.07, 6.45) is 3.97. The second-order valence-corrected chi connectivity index (χ2v) is 2.41. The van der Waals surface area contributed by atoms with Crippen molar-refractivity contribution in [2.45, 2.75) is 19.4 Å². The molecule has 3 heteroatoms. The van der Waals surface area contributed by atoms with Crippen molar-refractivity contribution in [3.05, 3.63) is 24.0 Å². The van der Waals surface area contributed by atoms with Gasteiger partial charge in [0.1, 0.15) is 0 Å². The van der Waals surface area contributed by atoms with Gasteiger partial charge in [-0.2, -0.15) is 10.2 Å². The van der Waals surface area contributed by atoms with Crippen molar-refractivity contribution in [1.29, 1.82) is 0 Å². The Labute approximate surface area is 72.0 Å². The molecule has 0 spiro atoms. The molecule has 0 amide bonds. The molecule has 0 radical (unpaired) electrons. The van der Waals surface area contributed by atoms with Crippen LogP contribution in [0.5, 0.6) is 0 Å². The van der Waals surface area contributed by atoms with Crippen LogP contribution >= 0.6 is 0 Å². The van der Waals surface area contributed by atoms with E-state index in [2.05, 4.69) is 22.0 Å². The maximum Gasteiger partial charge on any atom is 0.0544 e. The fraction of sp³-hybridized carbons (Fsp3) is 0.333. The Morgan fingerprint density at radius 1 is 1.58 bits per heavy atom. The fourth-order valence-corrected chi connectivity index (χ4v) is 0.850. The Hall–Kier alpha value is -1.40. The van der Waals surface area contributed by atoms with Crippen LogP contribution in [0, 0.1) is 11.8 Å². The molecule has 3 nitrogen and oxygen atoms in total. The van der Waals surface area contributed by atoms with Crippen LogP contribution in [-0.2, 0) is 0 Å². The summed E-state index contributed by atoms with van der Waals surface area (Å²) in [4.78, 5) is 0. The predicted octanol–water partition coefficient (Wildman–Crippen LogP) is 0.890. The fourth-order valence-electron chi connectivity index (χ4n) is 0.850. The number of aromatic nitrogens is 2. The van der Waals surface area contributed by atoms with Gasteiger partial charge in [0.2, 0.25) is 0 Å². The highest BCUT2D eigenvalue weighted by molar-refractivity contribution is 5.13. The first-order valence-corrected chi connectivity index (χ1v) is 3.76. The smallest absolute Gasteiger partial charge is 0.0544 e. The van der Waals surface area contributed by atoms with Gasteiger partial charge in [0.25, 0.3) is 0 Å². The maximum absolute atomic E-state index is 5.81. The Bertz CT molecular complexity index is 284. The highest BCUT2D eigenvalue weighted by Gasteiger charge is 2.02. The van der Waals surface area contributed by atoms with Crippen LogP contribution in [0.4, 0.5) is 0 Å². The van der Waals surface area contributed by atoms with E-state index in [9.17, 15) is 0 Å². The number of hydrogen-bond donors (Lipinski definition) is 1. The van der Waals surface area contributed by atoms with Crippen molar-refractivity contribution >= 4 is 0 Å². The van der Waals surface area contributed by atoms with E-state index in [0.717, 1.165) is 5.56 Å². The molecule has 1 aromatic rings. The molecular weight excluding hydrogens is 150 g/mol. The summed E-state index contributed by atoms with van der Waals surface area (Å²) in [6, 6.07) is 1.81. The quantitative estimate of drug-likeness (QED) is 0.655. The lowest BCUT2D eigenvalue weighted by Crippen LogP contribution is -2.09. The second kappa shape index (κ2) is 4.47. The van der Waals surface area contributed by atoms with E-state index >= 15 is 0 Å². The zero-order valence-electron chi connectivity index (χ0n) is 6.99. The Balaban J connectivity index is 2.63. The Kier molecular flexibility index (Phi) is 3.24. The molecule has 1 atom stereocenters. The van der Waals surface area contributed by atoms with Gasteiger partial charge < -0.3 is 5.73 Å². The van der Waals surface area contributed by atoms with Gasteiger partial charge in [-0.25, -0.2) is 0 Å². The van der Waals surface area contributed by atoms with E-state index in [1.54, 1.807) is 19.3 Å². The largest absolute Gasteiger partial charge is 0.323 e. The van der Waals surface area contributed by atoms with Gasteiger partial charge in [0.15, 0.2) is 0 Å². The molecule has 2 N–H and O–H groups in total. The maximum atomic E-state index is 5.81. The van der Waals surface area contributed by atoms with Crippen molar-refractivity contribution in [2.24, 2.45) is 5.73 Å². The number of hydrogen-bond acceptors (Lipinski definition) is 3. The van der Waals surface area contributed by atoms with Gasteiger partial charge in [-0.15, -0.1) is 11.8 Å². The van der Waals surface area contributed by atoms with E-state index in [4.69, 9.17) is 5.73 Å². The third kappa shape index (κ3) is 2.33. The van der Waals surface area contributed by atoms with E-state index in [1.807, 2.05) is 6.07 Å². The Morgan fingerprint density at radius 3 is 3.00 bits per heavy atom. The molecule has 0 aliphatic carbocycles. The molecule has 1 aromatic heterocycles. The molecular formula is C9H11N3. The lowest BCUT2D eigenvalue weighted by molar-refractivity contribution is 0.742. The van der Waals surface area contributed by atoms with Crippen molar-refractivity contribution in [3.63, 3.8) is 0 Å². The number of nitrogens with zero attached hydrogens (tertiary/aromatic N) is 2. The molecule has 0 aliphatic rings. The average Bonchev–Trinajstić information content (AvgIpc) is 2.15. The van der Waals surface area contributed by atoms with Gasteiger partial charge in [-0.3, -0.25) is 0 Å². The molecule has 62 valence electrons. The predicted molar refractivity (Wildman–Crippen MR) is 47.0 cm³/mol. The summed E-state index contributed by atoms with van der Waals surface area (Å²) in [5, 5.41) is 7.40. The molecule has 0 saturated heterocycles. The second-order valence-electron chi connectivity index (χ2n) is 2.41. The minimum atomic E-state index is -0.0482. The minimum absolute atomic E-state index is 0.0482. The minimum Gasteiger partial charge on any atom is -0.323 e. The van der Waals surface area contributed by atoms with Crippen LogP contribution in [0.1, 0.15) is 24.9 Å². The van der Waals surface area contributed by atoms with Gasteiger partial charge >= 0.3 is 0 Å². The first-order valence-electron chi connectivity index (χ1n) is 3.76. The molecule has 0 saturated carbocycles. The van der Waals surface area contributed by atoms with Crippen molar-refractivity contribution in [3.8, 4) is 11.8 Å². The van der Waals surface area contributed by atoms with E-state index in [-0.39, 0.29) is 6.04 Å². The molecule has 1 heterocycles. The third-order valence-electron chi connectivity index (χ3n) is 1.53. The summed E-state index contributed by atoms with van der Waals surface area (Å²) in [7, 11) is 0. The van der Waals surface area contributed by atoms with E-state index in [1.165, 1.54) is 0 Å². The lowest BCUT2D eigenvalue weighted by atomic mass is 10.1. The summed E-state index contributed by atoms with van der Waals surface area (Å²) in [6.45, 7) is 1.80. The van der Waals surface area contributed by atoms with Crippen molar-refractivity contribution in [2.75, 3.05) is 0 Å². The molecule has 0 aliphatic heterocycles. The van der Waals surface area contributed by atoms with Gasteiger partial charge in [-0.1, -0.05) is 0 Å². The third-order valence-corrected chi connectivity index (χ3v) is 1.53. The summed E-state index contributed by atoms with van der Waals surface area (Å²) in [5.41, 5.74) is 6.79. The zero-order valence-corrected chi connectivity index (χ0v) is 6.99. The lowest BCUT2D eigenvalue weighted by Gasteiger charge is -2.05. The standard InChI is InChI=1S/C9H11N3/c1-2-3-4-9(10)8-5-6-11-12-7-8/h5-7,9H,4,10H2,1H3. The van der Waals surface area contributed by atoms with Gasteiger partial charge in [0, 0.05) is 18.7 Å². The first-order chi connectivity index (χ1) is 5.84. The first kappa shape index (κ1) is 8.69. The molecule has 0 fully saturated rings. The molecule has 0 aromatic carbocycles. The number of nitrogens with two attached hydrogens (primary N) is 1. The summed E-state index contributed by atoms with van der Waals surface area (Å²) < 4.78 is 0. The molecule has 0 bridgehead atoms. The average molecular weight is 161 g/mol. The van der Waals surface area contributed by atoms with Crippen LogP contribution in [0.3, 0.4) is 0 Å². The highest BCUT2D eigenvalue weighted by atomic mass is 15.1. The monoisotopic (exact) mass is 161 g/mol. The van der Waals surface area contributed by atoms with E-state index in [0.29, 0.717) is 6.42 Å². The normalized spacial score (nSPS) is 11.5. The van der Waals surface area contributed by atoms with Crippen LogP contribution in [0.15, 0.2) is 18.5 Å². The van der Waals surface area contributed by atoms with Crippen LogP contribution in [0.2, 0.25) is 0 Å². The van der Waals surface area contributed by atoms with Crippen LogP contribution in [-0.4, -0.2) is 10.2 Å². The van der Waals surface area contributed by atoms with E-state index < -0.39 is 0 Å². The summed E-state index contributed by atoms with van der Waals surface area (Å²) in [5.74, 6) is 5.73. The van der Waals surface area contributed by atoms with Crippen molar-refractivity contribution in [1.82, 2.24) is 10.2 Å². The number of rotatable bonds is 2. The molecule has 12 heavy (non-hydrogen) atoms. The zero-order chi connectivity index (χ0) is 8.81. The Morgan fingerprint density at radius 2 is 2.42 bits per heavy atom. The van der Waals surface area contributed by atoms with Gasteiger partial charge in [0.05, 0.1) is 6.20 Å². The molecule has 1 rings (SSSR count). The topological polar surface area (TPSA) is 51.8 Å². The van der Waals surface area contributed by atoms with Crippen molar-refractivity contribution < 1.29 is 0 Å². The van der Waals surface area contributed by atoms with Crippen LogP contribution < -0.4 is 5.73 Å². The SMILES string of the molecule is CC#CCC(N)c1ccnnc1. The van der Waals surface area contributed by atoms with Crippen LogP contribution in [0.25, 0.3) is 0 Å². The van der Waals surface area contributed by atoms with Gasteiger partial charge in [-0.05, 0) is 18.6 Å².